The Morgan fingerprint density at radius 3 is 2.67 bits per heavy atom. The average Bonchev–Trinajstić information content (AvgIpc) is 3.13. The van der Waals surface area contributed by atoms with E-state index in [-0.39, 0.29) is 0 Å². The fourth-order valence-corrected chi connectivity index (χ4v) is 5.21. The molecular weight excluding hydrogens is 412 g/mol. The van der Waals surface area contributed by atoms with E-state index in [0.29, 0.717) is 11.0 Å². The molecule has 4 rings (SSSR count). The number of benzene rings is 2. The summed E-state index contributed by atoms with van der Waals surface area (Å²) in [6, 6.07) is 15.2. The van der Waals surface area contributed by atoms with Crippen molar-refractivity contribution >= 4 is 39.5 Å². The van der Waals surface area contributed by atoms with Gasteiger partial charge in [-0.25, -0.2) is 0 Å². The lowest BCUT2D eigenvalue weighted by molar-refractivity contribution is 0.279. The first-order chi connectivity index (χ1) is 14.5. The Morgan fingerprint density at radius 2 is 2.00 bits per heavy atom. The van der Waals surface area contributed by atoms with Gasteiger partial charge in [0.1, 0.15) is 11.2 Å². The van der Waals surface area contributed by atoms with Crippen molar-refractivity contribution in [2.45, 2.75) is 25.4 Å². The Balaban J connectivity index is 1.79. The first-order valence-electron chi connectivity index (χ1n) is 10.2. The minimum atomic E-state index is -0.897. The van der Waals surface area contributed by atoms with Gasteiger partial charge in [-0.1, -0.05) is 42.5 Å². The van der Waals surface area contributed by atoms with Gasteiger partial charge in [0.05, 0.1) is 0 Å². The number of nitrogens with zero attached hydrogens (tertiary/aromatic N) is 2. The lowest BCUT2D eigenvalue weighted by Gasteiger charge is -2.31. The van der Waals surface area contributed by atoms with Gasteiger partial charge in [0.25, 0.3) is 0 Å². The molecule has 1 fully saturated rings. The molecule has 30 heavy (non-hydrogen) atoms. The molecule has 0 saturated carbocycles. The summed E-state index contributed by atoms with van der Waals surface area (Å²) in [5.41, 5.74) is 11.6. The van der Waals surface area contributed by atoms with Crippen LogP contribution in [0, 0.1) is 0 Å². The third-order valence-electron chi connectivity index (χ3n) is 5.92. The van der Waals surface area contributed by atoms with Crippen molar-refractivity contribution in [3.05, 3.63) is 59.8 Å². The van der Waals surface area contributed by atoms with E-state index in [2.05, 4.69) is 50.7 Å². The lowest BCUT2D eigenvalue weighted by Crippen LogP contribution is -2.38. The smallest absolute Gasteiger partial charge is 0.115 e. The van der Waals surface area contributed by atoms with Gasteiger partial charge in [0, 0.05) is 65.3 Å². The third kappa shape index (κ3) is 4.26. The second-order valence-corrected chi connectivity index (χ2v) is 9.66. The molecule has 0 radical (unpaired) electrons. The van der Waals surface area contributed by atoms with E-state index in [1.54, 1.807) is 6.26 Å². The molecule has 1 unspecified atom stereocenters. The summed E-state index contributed by atoms with van der Waals surface area (Å²) in [7, 11) is 1.97. The highest BCUT2D eigenvalue weighted by molar-refractivity contribution is 7.88. The summed E-state index contributed by atoms with van der Waals surface area (Å²) in [6.07, 6.45) is 6.02. The van der Waals surface area contributed by atoms with Crippen LogP contribution < -0.4 is 11.1 Å². The number of hydrogen-bond donors (Lipinski definition) is 2. The monoisotopic (exact) mass is 440 g/mol. The van der Waals surface area contributed by atoms with E-state index in [0.717, 1.165) is 43.6 Å². The van der Waals surface area contributed by atoms with Gasteiger partial charge in [-0.15, -0.1) is 4.31 Å². The zero-order valence-corrected chi connectivity index (χ0v) is 19.1. The molecule has 7 heteroatoms. The number of piperidine rings is 1. The second-order valence-electron chi connectivity index (χ2n) is 7.86. The highest BCUT2D eigenvalue weighted by Crippen LogP contribution is 2.36. The van der Waals surface area contributed by atoms with Crippen LogP contribution in [0.1, 0.15) is 30.0 Å². The summed E-state index contributed by atoms with van der Waals surface area (Å²) in [5, 5.41) is 4.48. The summed E-state index contributed by atoms with van der Waals surface area (Å²) >= 11 is 4.29. The van der Waals surface area contributed by atoms with Crippen LogP contribution in [0.2, 0.25) is 0 Å². The molecular formula is C23H28N4OS2. The largest absolute Gasteiger partial charge is 0.598 e. The van der Waals surface area contributed by atoms with E-state index in [9.17, 15) is 4.55 Å². The normalized spacial score (nSPS) is 16.8. The zero-order valence-electron chi connectivity index (χ0n) is 17.4. The first-order valence-corrected chi connectivity index (χ1v) is 12.2. The topological polar surface area (TPSA) is 69.3 Å². The van der Waals surface area contributed by atoms with Crippen LogP contribution in [0.4, 0.5) is 0 Å². The molecule has 3 aromatic rings. The van der Waals surface area contributed by atoms with Crippen molar-refractivity contribution in [2.75, 3.05) is 26.4 Å². The molecule has 5 nitrogen and oxygen atoms in total. The van der Waals surface area contributed by atoms with Gasteiger partial charge in [0.15, 0.2) is 0 Å². The predicted octanol–water partition coefficient (Wildman–Crippen LogP) is 3.59. The van der Waals surface area contributed by atoms with Crippen molar-refractivity contribution in [2.24, 2.45) is 5.73 Å². The van der Waals surface area contributed by atoms with Crippen molar-refractivity contribution < 1.29 is 4.55 Å². The SMILES string of the molecule is CNCc1ccc2c(-c3cccc(C(N)=S)c3)cn(C3CCN([S+](C)[O-])CC3)c2c1. The van der Waals surface area contributed by atoms with Gasteiger partial charge >= 0.3 is 0 Å². The van der Waals surface area contributed by atoms with Crippen LogP contribution in [0.25, 0.3) is 22.0 Å². The Kier molecular flexibility index (Phi) is 6.46. The number of nitrogens with two attached hydrogens (primary N) is 1. The minimum Gasteiger partial charge on any atom is -0.598 e. The average molecular weight is 441 g/mol. The van der Waals surface area contributed by atoms with E-state index in [4.69, 9.17) is 18.0 Å². The summed E-state index contributed by atoms with van der Waals surface area (Å²) < 4.78 is 16.3. The van der Waals surface area contributed by atoms with E-state index >= 15 is 0 Å². The molecule has 0 bridgehead atoms. The first kappa shape index (κ1) is 21.3. The standard InChI is InChI=1S/C23H28N4OS2/c1-25-14-16-6-7-20-21(17-4-3-5-18(13-17)23(24)29)15-27(22(20)12-16)19-8-10-26(11-9-19)30(2)28/h3-7,12-13,15,19,25H,8-11,14H2,1-2H3,(H2,24,29). The molecule has 2 heterocycles. The number of fused-ring (bicyclic) bond motifs is 1. The maximum atomic E-state index is 11.8. The summed E-state index contributed by atoms with van der Waals surface area (Å²) in [5.74, 6) is 0. The Hall–Kier alpha value is -1.90. The maximum absolute atomic E-state index is 11.8. The molecule has 158 valence electrons. The second kappa shape index (κ2) is 9.08. The van der Waals surface area contributed by atoms with Gasteiger partial charge in [-0.05, 0) is 43.1 Å². The molecule has 0 aliphatic carbocycles. The molecule has 1 aromatic heterocycles. The molecule has 1 aliphatic heterocycles. The Labute approximate surface area is 186 Å². The van der Waals surface area contributed by atoms with Crippen LogP contribution in [-0.4, -0.2) is 44.8 Å². The third-order valence-corrected chi connectivity index (χ3v) is 7.25. The van der Waals surface area contributed by atoms with Crippen molar-refractivity contribution in [3.8, 4) is 11.1 Å². The maximum Gasteiger partial charge on any atom is 0.115 e. The number of nitrogens with one attached hydrogen (secondary N) is 1. The molecule has 1 aliphatic rings. The summed E-state index contributed by atoms with van der Waals surface area (Å²) in [4.78, 5) is 0.414. The number of thiocarbonyl (C=S) groups is 1. The molecule has 0 spiro atoms. The quantitative estimate of drug-likeness (QED) is 0.453. The van der Waals surface area contributed by atoms with Crippen molar-refractivity contribution in [3.63, 3.8) is 0 Å². The Morgan fingerprint density at radius 1 is 1.23 bits per heavy atom. The lowest BCUT2D eigenvalue weighted by atomic mass is 10.0. The fraction of sp³-hybridized carbons (Fsp3) is 0.348. The van der Waals surface area contributed by atoms with Gasteiger partial charge < -0.3 is 20.2 Å². The highest BCUT2D eigenvalue weighted by atomic mass is 32.2. The highest BCUT2D eigenvalue weighted by Gasteiger charge is 2.27. The minimum absolute atomic E-state index is 0.393. The number of hydrogen-bond acceptors (Lipinski definition) is 4. The molecule has 3 N–H and O–H groups in total. The van der Waals surface area contributed by atoms with Crippen molar-refractivity contribution in [1.29, 1.82) is 0 Å². The number of rotatable bonds is 6. The van der Waals surface area contributed by atoms with E-state index in [1.807, 2.05) is 19.2 Å². The van der Waals surface area contributed by atoms with Crippen LogP contribution in [0.5, 0.6) is 0 Å². The van der Waals surface area contributed by atoms with E-state index < -0.39 is 11.4 Å². The van der Waals surface area contributed by atoms with Gasteiger partial charge in [0.2, 0.25) is 0 Å². The van der Waals surface area contributed by atoms with Crippen molar-refractivity contribution in [1.82, 2.24) is 14.2 Å². The van der Waals surface area contributed by atoms with Crippen LogP contribution in [-0.2, 0) is 17.9 Å². The molecule has 1 atom stereocenters. The zero-order chi connectivity index (χ0) is 21.3. The van der Waals surface area contributed by atoms with Gasteiger partial charge in [-0.3, -0.25) is 0 Å². The number of aromatic nitrogens is 1. The molecule has 1 saturated heterocycles. The predicted molar refractivity (Wildman–Crippen MR) is 130 cm³/mol. The van der Waals surface area contributed by atoms with Crippen LogP contribution >= 0.6 is 12.2 Å². The molecule has 2 aromatic carbocycles. The molecule has 0 amide bonds. The Bertz CT molecular complexity index is 1050. The van der Waals surface area contributed by atoms with E-state index in [1.165, 1.54) is 22.0 Å². The van der Waals surface area contributed by atoms with Crippen LogP contribution in [0.15, 0.2) is 48.7 Å². The van der Waals surface area contributed by atoms with Gasteiger partial charge in [-0.2, -0.15) is 0 Å². The summed E-state index contributed by atoms with van der Waals surface area (Å²) in [6.45, 7) is 2.55. The van der Waals surface area contributed by atoms with Crippen LogP contribution in [0.3, 0.4) is 0 Å². The fourth-order valence-electron chi connectivity index (χ4n) is 4.36.